The molecule has 5 nitrogen and oxygen atoms in total. The molecule has 1 fully saturated rings. The first-order valence-electron chi connectivity index (χ1n) is 8.31. The van der Waals surface area contributed by atoms with E-state index in [2.05, 4.69) is 0 Å². The number of benzene rings is 2. The van der Waals surface area contributed by atoms with E-state index in [1.807, 2.05) is 44.2 Å². The zero-order valence-corrected chi connectivity index (χ0v) is 15.6. The molecule has 1 heterocycles. The molecule has 134 valence electrons. The third-order valence-corrected chi connectivity index (χ3v) is 7.06. The van der Waals surface area contributed by atoms with Gasteiger partial charge in [-0.15, -0.1) is 0 Å². The molecule has 2 N–H and O–H groups in total. The molecule has 1 aliphatic heterocycles. The minimum atomic E-state index is -3.59. The lowest BCUT2D eigenvalue weighted by Gasteiger charge is -2.19. The summed E-state index contributed by atoms with van der Waals surface area (Å²) in [5.41, 5.74) is 8.90. The van der Waals surface area contributed by atoms with Crippen molar-refractivity contribution < 1.29 is 13.2 Å². The maximum atomic E-state index is 13.2. The Bertz CT molecular complexity index is 866. The molecule has 25 heavy (non-hydrogen) atoms. The summed E-state index contributed by atoms with van der Waals surface area (Å²) in [6, 6.07) is 13.0. The molecule has 1 saturated heterocycles. The number of methoxy groups -OCH3 is 1. The molecule has 3 rings (SSSR count). The Labute approximate surface area is 149 Å². The highest BCUT2D eigenvalue weighted by Crippen LogP contribution is 2.33. The summed E-state index contributed by atoms with van der Waals surface area (Å²) in [6.45, 7) is 4.41. The summed E-state index contributed by atoms with van der Waals surface area (Å²) in [5, 5.41) is 0. The average molecular weight is 360 g/mol. The van der Waals surface area contributed by atoms with Gasteiger partial charge in [-0.2, -0.15) is 4.31 Å². The second-order valence-corrected chi connectivity index (χ2v) is 8.43. The number of sulfonamides is 1. The van der Waals surface area contributed by atoms with Crippen LogP contribution in [-0.2, 0) is 10.0 Å². The van der Waals surface area contributed by atoms with Crippen molar-refractivity contribution in [2.75, 3.05) is 20.2 Å². The van der Waals surface area contributed by atoms with Gasteiger partial charge in [0.15, 0.2) is 0 Å². The molecule has 2 aromatic carbocycles. The highest BCUT2D eigenvalue weighted by Gasteiger charge is 2.39. The Kier molecular flexibility index (Phi) is 4.86. The van der Waals surface area contributed by atoms with Crippen molar-refractivity contribution in [3.05, 3.63) is 59.2 Å². The number of ether oxygens (including phenoxy) is 1. The molecule has 0 spiro atoms. The predicted molar refractivity (Wildman–Crippen MR) is 98.4 cm³/mol. The van der Waals surface area contributed by atoms with Gasteiger partial charge in [-0.05, 0) is 42.7 Å². The van der Waals surface area contributed by atoms with Crippen LogP contribution in [0.1, 0.15) is 22.6 Å². The van der Waals surface area contributed by atoms with E-state index in [-0.39, 0.29) is 12.0 Å². The zero-order valence-electron chi connectivity index (χ0n) is 14.8. The van der Waals surface area contributed by atoms with Crippen molar-refractivity contribution in [2.24, 2.45) is 5.73 Å². The molecular weight excluding hydrogens is 336 g/mol. The number of nitrogens with zero attached hydrogens (tertiary/aromatic N) is 1. The van der Waals surface area contributed by atoms with Crippen LogP contribution in [0.3, 0.4) is 0 Å². The van der Waals surface area contributed by atoms with Crippen LogP contribution in [0.25, 0.3) is 0 Å². The van der Waals surface area contributed by atoms with E-state index in [0.29, 0.717) is 23.7 Å². The standard InChI is InChI=1S/C19H24N2O3S/c1-13-14(2)19(10-9-18(13)24-3)25(22,23)21-11-16(17(20)12-21)15-7-5-4-6-8-15/h4-10,16-17H,11-12,20H2,1-3H3/t16-,17+/m0/s1. The first-order chi connectivity index (χ1) is 11.9. The SMILES string of the molecule is COc1ccc(S(=O)(=O)N2C[C@@H](N)[C@H](c3ccccc3)C2)c(C)c1C. The quantitative estimate of drug-likeness (QED) is 0.909. The second kappa shape index (κ2) is 6.78. The summed E-state index contributed by atoms with van der Waals surface area (Å²) in [4.78, 5) is 0.326. The summed E-state index contributed by atoms with van der Waals surface area (Å²) in [6.07, 6.45) is 0. The molecule has 2 atom stereocenters. The highest BCUT2D eigenvalue weighted by molar-refractivity contribution is 7.89. The minimum Gasteiger partial charge on any atom is -0.496 e. The molecule has 6 heteroatoms. The lowest BCUT2D eigenvalue weighted by atomic mass is 9.95. The number of nitrogens with two attached hydrogens (primary N) is 1. The maximum absolute atomic E-state index is 13.2. The third kappa shape index (κ3) is 3.17. The van der Waals surface area contributed by atoms with Gasteiger partial charge in [0.25, 0.3) is 0 Å². The first kappa shape index (κ1) is 17.9. The minimum absolute atomic E-state index is 0.00984. The van der Waals surface area contributed by atoms with E-state index in [4.69, 9.17) is 10.5 Å². The normalized spacial score (nSPS) is 21.4. The van der Waals surface area contributed by atoms with Gasteiger partial charge in [-0.1, -0.05) is 30.3 Å². The van der Waals surface area contributed by atoms with E-state index < -0.39 is 10.0 Å². The van der Waals surface area contributed by atoms with E-state index in [0.717, 1.165) is 16.7 Å². The fraction of sp³-hybridized carbons (Fsp3) is 0.368. The molecule has 2 aromatic rings. The lowest BCUT2D eigenvalue weighted by molar-refractivity contribution is 0.410. The van der Waals surface area contributed by atoms with Gasteiger partial charge >= 0.3 is 0 Å². The van der Waals surface area contributed by atoms with E-state index in [9.17, 15) is 8.42 Å². The fourth-order valence-electron chi connectivity index (χ4n) is 3.45. The molecule has 1 aliphatic rings. The van der Waals surface area contributed by atoms with Gasteiger partial charge in [0, 0.05) is 25.0 Å². The van der Waals surface area contributed by atoms with Gasteiger partial charge in [0.05, 0.1) is 12.0 Å². The van der Waals surface area contributed by atoms with Crippen molar-refractivity contribution in [1.82, 2.24) is 4.31 Å². The molecule has 0 aliphatic carbocycles. The summed E-state index contributed by atoms with van der Waals surface area (Å²) < 4.78 is 33.1. The van der Waals surface area contributed by atoms with Gasteiger partial charge < -0.3 is 10.5 Å². The summed E-state index contributed by atoms with van der Waals surface area (Å²) >= 11 is 0. The van der Waals surface area contributed by atoms with Gasteiger partial charge in [-0.3, -0.25) is 0 Å². The van der Waals surface area contributed by atoms with E-state index >= 15 is 0 Å². The maximum Gasteiger partial charge on any atom is 0.243 e. The van der Waals surface area contributed by atoms with Crippen LogP contribution in [0, 0.1) is 13.8 Å². The summed E-state index contributed by atoms with van der Waals surface area (Å²) in [5.74, 6) is 0.701. The Morgan fingerprint density at radius 2 is 1.72 bits per heavy atom. The molecule has 0 bridgehead atoms. The molecule has 0 aromatic heterocycles. The van der Waals surface area contributed by atoms with Crippen molar-refractivity contribution in [3.8, 4) is 5.75 Å². The van der Waals surface area contributed by atoms with Crippen LogP contribution < -0.4 is 10.5 Å². The van der Waals surface area contributed by atoms with Gasteiger partial charge in [0.1, 0.15) is 5.75 Å². The van der Waals surface area contributed by atoms with Crippen molar-refractivity contribution >= 4 is 10.0 Å². The second-order valence-electron chi connectivity index (χ2n) is 6.52. The molecule has 0 saturated carbocycles. The van der Waals surface area contributed by atoms with Crippen LogP contribution in [0.4, 0.5) is 0 Å². The number of rotatable bonds is 4. The largest absolute Gasteiger partial charge is 0.496 e. The van der Waals surface area contributed by atoms with Gasteiger partial charge in [-0.25, -0.2) is 8.42 Å². The van der Waals surface area contributed by atoms with Gasteiger partial charge in [0.2, 0.25) is 10.0 Å². The van der Waals surface area contributed by atoms with Crippen molar-refractivity contribution in [2.45, 2.75) is 30.7 Å². The molecule has 0 amide bonds. The Hall–Kier alpha value is -1.89. The van der Waals surface area contributed by atoms with E-state index in [1.165, 1.54) is 4.31 Å². The molecule has 0 unspecified atom stereocenters. The van der Waals surface area contributed by atoms with Crippen LogP contribution in [-0.4, -0.2) is 39.0 Å². The van der Waals surface area contributed by atoms with Crippen LogP contribution >= 0.6 is 0 Å². The predicted octanol–water partition coefficient (Wildman–Crippen LogP) is 2.43. The summed E-state index contributed by atoms with van der Waals surface area (Å²) in [7, 11) is -2.01. The first-order valence-corrected chi connectivity index (χ1v) is 9.75. The zero-order chi connectivity index (χ0) is 18.2. The Morgan fingerprint density at radius 3 is 2.36 bits per heavy atom. The average Bonchev–Trinajstić information content (AvgIpc) is 3.00. The molecular formula is C19H24N2O3S. The lowest BCUT2D eigenvalue weighted by Crippen LogP contribution is -2.32. The fourth-order valence-corrected chi connectivity index (χ4v) is 5.23. The smallest absolute Gasteiger partial charge is 0.243 e. The molecule has 0 radical (unpaired) electrons. The van der Waals surface area contributed by atoms with Crippen molar-refractivity contribution in [3.63, 3.8) is 0 Å². The van der Waals surface area contributed by atoms with Crippen LogP contribution in [0.2, 0.25) is 0 Å². The number of hydrogen-bond acceptors (Lipinski definition) is 4. The van der Waals surface area contributed by atoms with Crippen molar-refractivity contribution in [1.29, 1.82) is 0 Å². The number of hydrogen-bond donors (Lipinski definition) is 1. The third-order valence-electron chi connectivity index (χ3n) is 5.08. The van der Waals surface area contributed by atoms with Crippen LogP contribution in [0.15, 0.2) is 47.4 Å². The monoisotopic (exact) mass is 360 g/mol. The van der Waals surface area contributed by atoms with Crippen LogP contribution in [0.5, 0.6) is 5.75 Å². The topological polar surface area (TPSA) is 72.6 Å². The van der Waals surface area contributed by atoms with E-state index in [1.54, 1.807) is 19.2 Å². The highest BCUT2D eigenvalue weighted by atomic mass is 32.2. The Morgan fingerprint density at radius 1 is 1.04 bits per heavy atom. The Balaban J connectivity index is 1.93.